The van der Waals surface area contributed by atoms with Crippen molar-refractivity contribution in [1.29, 1.82) is 0 Å². The van der Waals surface area contributed by atoms with Gasteiger partial charge in [0.05, 0.1) is 11.1 Å². The van der Waals surface area contributed by atoms with E-state index in [4.69, 9.17) is 5.73 Å². The van der Waals surface area contributed by atoms with Crippen LogP contribution >= 0.6 is 11.8 Å². The highest BCUT2D eigenvalue weighted by Crippen LogP contribution is 2.25. The molecule has 1 rings (SSSR count). The molecule has 0 saturated heterocycles. The van der Waals surface area contributed by atoms with Crippen LogP contribution in [0.4, 0.5) is 5.82 Å². The predicted octanol–water partition coefficient (Wildman–Crippen LogP) is 2.16. The summed E-state index contributed by atoms with van der Waals surface area (Å²) in [5.74, 6) is 1.82. The second kappa shape index (κ2) is 3.85. The smallest absolute Gasteiger partial charge is 0.135 e. The molecule has 0 saturated carbocycles. The lowest BCUT2D eigenvalue weighted by atomic mass is 10.4. The number of rotatable bonds is 3. The molecule has 0 spiro atoms. The fourth-order valence-corrected chi connectivity index (χ4v) is 1.71. The maximum atomic E-state index is 5.87. The van der Waals surface area contributed by atoms with Crippen molar-refractivity contribution in [2.45, 2.75) is 31.7 Å². The second-order valence-electron chi connectivity index (χ2n) is 2.87. The molecule has 0 atom stereocenters. The van der Waals surface area contributed by atoms with Gasteiger partial charge in [0.15, 0.2) is 0 Å². The summed E-state index contributed by atoms with van der Waals surface area (Å²) in [6.45, 7) is 6.25. The van der Waals surface area contributed by atoms with Crippen molar-refractivity contribution in [3.8, 4) is 0 Å². The average Bonchev–Trinajstić information content (AvgIpc) is 2.34. The topological polar surface area (TPSA) is 43.8 Å². The van der Waals surface area contributed by atoms with Gasteiger partial charge in [-0.15, -0.1) is 11.8 Å². The molecule has 2 N–H and O–H groups in total. The van der Waals surface area contributed by atoms with Crippen LogP contribution in [0, 0.1) is 0 Å². The fourth-order valence-electron chi connectivity index (χ4n) is 1.03. The first-order chi connectivity index (χ1) is 5.66. The lowest BCUT2D eigenvalue weighted by molar-refractivity contribution is 0.540. The Kier molecular flexibility index (Phi) is 3.03. The summed E-state index contributed by atoms with van der Waals surface area (Å²) in [5.41, 5.74) is 5.87. The van der Waals surface area contributed by atoms with E-state index < -0.39 is 0 Å². The third-order valence-corrected chi connectivity index (χ3v) is 2.50. The Morgan fingerprint density at radius 3 is 2.75 bits per heavy atom. The summed E-state index contributed by atoms with van der Waals surface area (Å²) in [6, 6.07) is 0.344. The minimum Gasteiger partial charge on any atom is -0.383 e. The summed E-state index contributed by atoms with van der Waals surface area (Å²) in [5, 5.41) is 4.20. The molecule has 0 fully saturated rings. The number of aromatic nitrogens is 2. The van der Waals surface area contributed by atoms with E-state index in [0.717, 1.165) is 16.5 Å². The zero-order valence-corrected chi connectivity index (χ0v) is 8.56. The summed E-state index contributed by atoms with van der Waals surface area (Å²) >= 11 is 1.73. The van der Waals surface area contributed by atoms with E-state index in [-0.39, 0.29) is 0 Å². The van der Waals surface area contributed by atoms with Crippen LogP contribution in [-0.2, 0) is 0 Å². The van der Waals surface area contributed by atoms with Crippen molar-refractivity contribution < 1.29 is 0 Å². The minimum absolute atomic E-state index is 0.344. The zero-order chi connectivity index (χ0) is 9.14. The number of anilines is 1. The average molecular weight is 185 g/mol. The molecular formula is C8H15N3S. The van der Waals surface area contributed by atoms with Crippen molar-refractivity contribution in [2.75, 3.05) is 11.5 Å². The lowest BCUT2D eigenvalue weighted by Gasteiger charge is -2.07. The molecule has 1 heterocycles. The molecule has 0 bridgehead atoms. The highest BCUT2D eigenvalue weighted by molar-refractivity contribution is 7.99. The standard InChI is InChI=1S/C8H15N3S/c1-4-12-7-5-10-11(6(2)3)8(7)9/h5-6H,4,9H2,1-3H3. The Balaban J connectivity index is 2.88. The molecule has 0 aliphatic carbocycles. The molecule has 0 amide bonds. The number of nitrogen functional groups attached to an aromatic ring is 1. The van der Waals surface area contributed by atoms with Gasteiger partial charge in [0.25, 0.3) is 0 Å². The number of nitrogens with zero attached hydrogens (tertiary/aromatic N) is 2. The monoisotopic (exact) mass is 185 g/mol. The summed E-state index contributed by atoms with van der Waals surface area (Å²) in [7, 11) is 0. The Labute approximate surface area is 77.3 Å². The van der Waals surface area contributed by atoms with Gasteiger partial charge in [-0.2, -0.15) is 5.10 Å². The first kappa shape index (κ1) is 9.45. The van der Waals surface area contributed by atoms with Crippen LogP contribution < -0.4 is 5.73 Å². The molecule has 68 valence electrons. The molecular weight excluding hydrogens is 170 g/mol. The molecule has 4 heteroatoms. The molecule has 0 aromatic carbocycles. The van der Waals surface area contributed by atoms with Crippen molar-refractivity contribution in [1.82, 2.24) is 9.78 Å². The van der Waals surface area contributed by atoms with Gasteiger partial charge in [-0.3, -0.25) is 0 Å². The summed E-state index contributed by atoms with van der Waals surface area (Å²) < 4.78 is 1.85. The summed E-state index contributed by atoms with van der Waals surface area (Å²) in [6.07, 6.45) is 1.84. The molecule has 0 aliphatic rings. The van der Waals surface area contributed by atoms with Gasteiger partial charge in [-0.05, 0) is 19.6 Å². The Morgan fingerprint density at radius 1 is 1.67 bits per heavy atom. The van der Waals surface area contributed by atoms with Crippen LogP contribution in [0.25, 0.3) is 0 Å². The Morgan fingerprint density at radius 2 is 2.33 bits per heavy atom. The Hall–Kier alpha value is -0.640. The first-order valence-electron chi connectivity index (χ1n) is 4.12. The van der Waals surface area contributed by atoms with E-state index >= 15 is 0 Å². The molecule has 1 aromatic heterocycles. The first-order valence-corrected chi connectivity index (χ1v) is 5.11. The van der Waals surface area contributed by atoms with Crippen LogP contribution in [0.2, 0.25) is 0 Å². The van der Waals surface area contributed by atoms with Crippen LogP contribution in [0.1, 0.15) is 26.8 Å². The molecule has 3 nitrogen and oxygen atoms in total. The van der Waals surface area contributed by atoms with Gasteiger partial charge in [0, 0.05) is 6.04 Å². The maximum absolute atomic E-state index is 5.87. The summed E-state index contributed by atoms with van der Waals surface area (Å²) in [4.78, 5) is 1.09. The minimum atomic E-state index is 0.344. The molecule has 12 heavy (non-hydrogen) atoms. The van der Waals surface area contributed by atoms with Crippen molar-refractivity contribution in [3.63, 3.8) is 0 Å². The van der Waals surface area contributed by atoms with Crippen LogP contribution in [0.3, 0.4) is 0 Å². The predicted molar refractivity (Wildman–Crippen MR) is 53.4 cm³/mol. The highest BCUT2D eigenvalue weighted by atomic mass is 32.2. The van der Waals surface area contributed by atoms with Gasteiger partial charge in [0.1, 0.15) is 5.82 Å². The van der Waals surface area contributed by atoms with E-state index in [0.29, 0.717) is 6.04 Å². The number of hydrogen-bond acceptors (Lipinski definition) is 3. The second-order valence-corrected chi connectivity index (χ2v) is 4.17. The zero-order valence-electron chi connectivity index (χ0n) is 7.74. The van der Waals surface area contributed by atoms with Gasteiger partial charge in [-0.25, -0.2) is 4.68 Å². The molecule has 0 aliphatic heterocycles. The Bertz CT molecular complexity index is 255. The van der Waals surface area contributed by atoms with Gasteiger partial charge in [0.2, 0.25) is 0 Å². The van der Waals surface area contributed by atoms with Crippen molar-refractivity contribution in [2.24, 2.45) is 0 Å². The number of thioether (sulfide) groups is 1. The fraction of sp³-hybridized carbons (Fsp3) is 0.625. The lowest BCUT2D eigenvalue weighted by Crippen LogP contribution is -2.06. The van der Waals surface area contributed by atoms with Crippen LogP contribution in [0.5, 0.6) is 0 Å². The maximum Gasteiger partial charge on any atom is 0.135 e. The molecule has 0 radical (unpaired) electrons. The largest absolute Gasteiger partial charge is 0.383 e. The van der Waals surface area contributed by atoms with E-state index in [1.165, 1.54) is 0 Å². The number of hydrogen-bond donors (Lipinski definition) is 1. The number of nitrogens with two attached hydrogens (primary N) is 1. The van der Waals surface area contributed by atoms with Crippen LogP contribution in [-0.4, -0.2) is 15.5 Å². The van der Waals surface area contributed by atoms with E-state index in [1.54, 1.807) is 11.8 Å². The third kappa shape index (κ3) is 1.75. The van der Waals surface area contributed by atoms with E-state index in [1.807, 2.05) is 10.9 Å². The van der Waals surface area contributed by atoms with Crippen LogP contribution in [0.15, 0.2) is 11.1 Å². The molecule has 1 aromatic rings. The van der Waals surface area contributed by atoms with Crippen molar-refractivity contribution >= 4 is 17.6 Å². The normalized spacial score (nSPS) is 11.0. The molecule has 0 unspecified atom stereocenters. The van der Waals surface area contributed by atoms with E-state index in [2.05, 4.69) is 25.9 Å². The van der Waals surface area contributed by atoms with Gasteiger partial charge in [-0.1, -0.05) is 6.92 Å². The highest BCUT2D eigenvalue weighted by Gasteiger charge is 2.08. The SMILES string of the molecule is CCSc1cnn(C(C)C)c1N. The third-order valence-electron chi connectivity index (χ3n) is 1.59. The van der Waals surface area contributed by atoms with Gasteiger partial charge < -0.3 is 5.73 Å². The van der Waals surface area contributed by atoms with Crippen molar-refractivity contribution in [3.05, 3.63) is 6.20 Å². The quantitative estimate of drug-likeness (QED) is 0.734. The van der Waals surface area contributed by atoms with E-state index in [9.17, 15) is 0 Å². The van der Waals surface area contributed by atoms with Gasteiger partial charge >= 0.3 is 0 Å².